The number of methoxy groups -OCH3 is 1. The number of hydrogen-bond acceptors (Lipinski definition) is 5. The van der Waals surface area contributed by atoms with Crippen LogP contribution in [0.2, 0.25) is 0 Å². The number of nitrogens with one attached hydrogen (secondary N) is 1. The Bertz CT molecular complexity index is 472. The van der Waals surface area contributed by atoms with Crippen molar-refractivity contribution in [2.45, 2.75) is 19.4 Å². The molecular formula is C12H17N3O4. The lowest BCUT2D eigenvalue weighted by atomic mass is 10.1. The van der Waals surface area contributed by atoms with Gasteiger partial charge in [-0.25, -0.2) is 0 Å². The Morgan fingerprint density at radius 2 is 2.26 bits per heavy atom. The molecule has 0 aliphatic heterocycles. The molecule has 1 unspecified atom stereocenters. The van der Waals surface area contributed by atoms with Crippen LogP contribution in [0, 0.1) is 17.0 Å². The number of anilines is 1. The monoisotopic (exact) mass is 267 g/mol. The maximum Gasteiger partial charge on any atom is 0.274 e. The van der Waals surface area contributed by atoms with Gasteiger partial charge in [-0.05, 0) is 13.0 Å². The van der Waals surface area contributed by atoms with E-state index in [4.69, 9.17) is 10.5 Å². The molecular weight excluding hydrogens is 250 g/mol. The summed E-state index contributed by atoms with van der Waals surface area (Å²) < 4.78 is 4.99. The number of rotatable bonds is 6. The zero-order valence-corrected chi connectivity index (χ0v) is 10.9. The molecule has 0 radical (unpaired) electrons. The highest BCUT2D eigenvalue weighted by Crippen LogP contribution is 2.22. The molecule has 0 aromatic heterocycles. The largest absolute Gasteiger partial charge is 0.380 e. The fourth-order valence-electron chi connectivity index (χ4n) is 1.57. The van der Waals surface area contributed by atoms with Crippen molar-refractivity contribution in [2.75, 3.05) is 19.0 Å². The van der Waals surface area contributed by atoms with Crippen LogP contribution >= 0.6 is 0 Å². The third kappa shape index (κ3) is 4.31. The van der Waals surface area contributed by atoms with E-state index >= 15 is 0 Å². The quantitative estimate of drug-likeness (QED) is 0.595. The first-order chi connectivity index (χ1) is 8.97. The van der Waals surface area contributed by atoms with Gasteiger partial charge in [-0.2, -0.15) is 0 Å². The number of nitrogens with two attached hydrogens (primary N) is 1. The number of benzene rings is 1. The molecule has 7 nitrogen and oxygen atoms in total. The fourth-order valence-corrected chi connectivity index (χ4v) is 1.57. The molecule has 0 aliphatic rings. The van der Waals surface area contributed by atoms with E-state index in [0.29, 0.717) is 11.3 Å². The second-order valence-corrected chi connectivity index (χ2v) is 4.10. The normalized spacial score (nSPS) is 11.9. The molecule has 7 heteroatoms. The molecule has 19 heavy (non-hydrogen) atoms. The molecule has 0 heterocycles. The highest BCUT2D eigenvalue weighted by molar-refractivity contribution is 5.91. The van der Waals surface area contributed by atoms with Gasteiger partial charge in [0.25, 0.3) is 5.69 Å². The molecule has 3 N–H and O–H groups in total. The predicted octanol–water partition coefficient (Wildman–Crippen LogP) is 1.21. The fraction of sp³-hybridized carbons (Fsp3) is 0.417. The number of carbonyl (C=O) groups excluding carboxylic acids is 1. The minimum atomic E-state index is -0.483. The highest BCUT2D eigenvalue weighted by atomic mass is 16.6. The number of aryl methyl sites for hydroxylation is 1. The van der Waals surface area contributed by atoms with E-state index in [1.807, 2.05) is 0 Å². The van der Waals surface area contributed by atoms with Gasteiger partial charge in [-0.3, -0.25) is 14.9 Å². The van der Waals surface area contributed by atoms with Gasteiger partial charge in [0, 0.05) is 31.0 Å². The lowest BCUT2D eigenvalue weighted by Gasteiger charge is -2.12. The minimum absolute atomic E-state index is 0.0279. The first kappa shape index (κ1) is 15.1. The number of amides is 1. The summed E-state index contributed by atoms with van der Waals surface area (Å²) in [5.41, 5.74) is 6.31. The van der Waals surface area contributed by atoms with Crippen LogP contribution in [-0.4, -0.2) is 30.6 Å². The van der Waals surface area contributed by atoms with E-state index in [0.717, 1.165) is 0 Å². The SMILES string of the molecule is COC(CN)CC(=O)Nc1ccc(C)c([N+](=O)[O-])c1. The number of ether oxygens (including phenoxy) is 1. The molecule has 0 saturated carbocycles. The van der Waals surface area contributed by atoms with Crippen molar-refractivity contribution in [2.24, 2.45) is 5.73 Å². The van der Waals surface area contributed by atoms with Crippen molar-refractivity contribution in [3.63, 3.8) is 0 Å². The molecule has 104 valence electrons. The van der Waals surface area contributed by atoms with Gasteiger partial charge in [0.05, 0.1) is 17.4 Å². The molecule has 0 aliphatic carbocycles. The molecule has 0 spiro atoms. The maximum absolute atomic E-state index is 11.7. The van der Waals surface area contributed by atoms with Crippen LogP contribution in [0.15, 0.2) is 18.2 Å². The molecule has 0 bridgehead atoms. The van der Waals surface area contributed by atoms with Crippen LogP contribution in [0.25, 0.3) is 0 Å². The third-order valence-corrected chi connectivity index (χ3v) is 2.70. The van der Waals surface area contributed by atoms with E-state index in [9.17, 15) is 14.9 Å². The van der Waals surface area contributed by atoms with Crippen molar-refractivity contribution in [1.82, 2.24) is 0 Å². The molecule has 1 aromatic carbocycles. The van der Waals surface area contributed by atoms with Crippen molar-refractivity contribution in [3.05, 3.63) is 33.9 Å². The zero-order valence-electron chi connectivity index (χ0n) is 10.9. The summed E-state index contributed by atoms with van der Waals surface area (Å²) >= 11 is 0. The Balaban J connectivity index is 2.74. The van der Waals surface area contributed by atoms with Crippen LogP contribution < -0.4 is 11.1 Å². The van der Waals surface area contributed by atoms with Crippen LogP contribution in [-0.2, 0) is 9.53 Å². The molecule has 0 saturated heterocycles. The summed E-state index contributed by atoms with van der Waals surface area (Å²) in [6, 6.07) is 4.53. The standard InChI is InChI=1S/C12H17N3O4/c1-8-3-4-9(5-11(8)15(17)18)14-12(16)6-10(7-13)19-2/h3-5,10H,6-7,13H2,1-2H3,(H,14,16). The highest BCUT2D eigenvalue weighted by Gasteiger charge is 2.14. The second-order valence-electron chi connectivity index (χ2n) is 4.10. The molecule has 1 rings (SSSR count). The second kappa shape index (κ2) is 6.81. The number of carbonyl (C=O) groups is 1. The zero-order chi connectivity index (χ0) is 14.4. The molecule has 1 atom stereocenters. The molecule has 0 fully saturated rings. The van der Waals surface area contributed by atoms with Gasteiger partial charge in [0.1, 0.15) is 0 Å². The number of nitrogens with zero attached hydrogens (tertiary/aromatic N) is 1. The summed E-state index contributed by atoms with van der Waals surface area (Å²) in [6.07, 6.45) is -0.255. The van der Waals surface area contributed by atoms with E-state index in [1.54, 1.807) is 19.1 Å². The maximum atomic E-state index is 11.7. The van der Waals surface area contributed by atoms with E-state index in [2.05, 4.69) is 5.32 Å². The van der Waals surface area contributed by atoms with Gasteiger partial charge in [0.2, 0.25) is 5.91 Å². The van der Waals surface area contributed by atoms with Crippen molar-refractivity contribution in [3.8, 4) is 0 Å². The van der Waals surface area contributed by atoms with Gasteiger partial charge < -0.3 is 15.8 Å². The Morgan fingerprint density at radius 3 is 2.79 bits per heavy atom. The number of nitro groups is 1. The van der Waals surface area contributed by atoms with E-state index in [1.165, 1.54) is 13.2 Å². The Kier molecular flexibility index (Phi) is 5.40. The summed E-state index contributed by atoms with van der Waals surface area (Å²) in [4.78, 5) is 22.0. The van der Waals surface area contributed by atoms with Crippen LogP contribution in [0.5, 0.6) is 0 Å². The summed E-state index contributed by atoms with van der Waals surface area (Å²) in [5.74, 6) is -0.296. The minimum Gasteiger partial charge on any atom is -0.380 e. The van der Waals surface area contributed by atoms with Crippen LogP contribution in [0.1, 0.15) is 12.0 Å². The van der Waals surface area contributed by atoms with Crippen LogP contribution in [0.3, 0.4) is 0 Å². The summed E-state index contributed by atoms with van der Waals surface area (Å²) in [6.45, 7) is 1.87. The van der Waals surface area contributed by atoms with E-state index < -0.39 is 4.92 Å². The van der Waals surface area contributed by atoms with Gasteiger partial charge in [-0.15, -0.1) is 0 Å². The Hall–Kier alpha value is -1.99. The summed E-state index contributed by atoms with van der Waals surface area (Å²) in [7, 11) is 1.47. The molecule has 1 amide bonds. The first-order valence-electron chi connectivity index (χ1n) is 5.75. The van der Waals surface area contributed by atoms with Crippen LogP contribution in [0.4, 0.5) is 11.4 Å². The number of hydrogen-bond donors (Lipinski definition) is 2. The number of nitro benzene ring substituents is 1. The smallest absolute Gasteiger partial charge is 0.274 e. The average molecular weight is 267 g/mol. The molecule has 1 aromatic rings. The Labute approximate surface area is 110 Å². The predicted molar refractivity (Wildman–Crippen MR) is 70.9 cm³/mol. The lowest BCUT2D eigenvalue weighted by Crippen LogP contribution is -2.28. The first-order valence-corrected chi connectivity index (χ1v) is 5.75. The van der Waals surface area contributed by atoms with Gasteiger partial charge >= 0.3 is 0 Å². The lowest BCUT2D eigenvalue weighted by molar-refractivity contribution is -0.385. The average Bonchev–Trinajstić information content (AvgIpc) is 2.37. The topological polar surface area (TPSA) is 107 Å². The van der Waals surface area contributed by atoms with Crippen molar-refractivity contribution < 1.29 is 14.5 Å². The van der Waals surface area contributed by atoms with Crippen molar-refractivity contribution >= 4 is 17.3 Å². The van der Waals surface area contributed by atoms with Crippen molar-refractivity contribution in [1.29, 1.82) is 0 Å². The van der Waals surface area contributed by atoms with E-state index in [-0.39, 0.29) is 30.7 Å². The summed E-state index contributed by atoms with van der Waals surface area (Å²) in [5, 5.41) is 13.4. The van der Waals surface area contributed by atoms with Gasteiger partial charge in [-0.1, -0.05) is 6.07 Å². The third-order valence-electron chi connectivity index (χ3n) is 2.70. The van der Waals surface area contributed by atoms with Gasteiger partial charge in [0.15, 0.2) is 0 Å². The Morgan fingerprint density at radius 1 is 1.58 bits per heavy atom.